The van der Waals surface area contributed by atoms with Gasteiger partial charge in [-0.3, -0.25) is 4.57 Å². The number of hydrogen-bond acceptors (Lipinski definition) is 11. The van der Waals surface area contributed by atoms with Crippen molar-refractivity contribution in [1.29, 1.82) is 0 Å². The third-order valence-corrected chi connectivity index (χ3v) is 5.24. The summed E-state index contributed by atoms with van der Waals surface area (Å²) in [7, 11) is 1.44. The number of halogens is 2. The first-order valence-corrected chi connectivity index (χ1v) is 10.3. The number of nitrogens with two attached hydrogens (primary N) is 2. The van der Waals surface area contributed by atoms with Crippen LogP contribution >= 0.6 is 0 Å². The number of nitrogens with zero attached hydrogens (tertiary/aromatic N) is 8. The first-order chi connectivity index (χ1) is 16.5. The quantitative estimate of drug-likeness (QED) is 0.437. The molecule has 0 amide bonds. The molecule has 1 aliphatic heterocycles. The van der Waals surface area contributed by atoms with Crippen molar-refractivity contribution < 1.29 is 18.3 Å². The van der Waals surface area contributed by atoms with Crippen molar-refractivity contribution in [2.75, 3.05) is 49.8 Å². The summed E-state index contributed by atoms with van der Waals surface area (Å²) >= 11 is 0. The van der Waals surface area contributed by atoms with Gasteiger partial charge in [-0.1, -0.05) is 6.07 Å². The highest BCUT2D eigenvalue weighted by Gasteiger charge is 2.26. The normalized spacial score (nSPS) is 14.2. The van der Waals surface area contributed by atoms with Crippen molar-refractivity contribution in [1.82, 2.24) is 34.5 Å². The number of alkyl halides is 2. The monoisotopic (exact) mass is 470 g/mol. The standard InChI is InChI=1S/C20H20F2N10O2/c1-33-12-4-2-3-11-14(12)26-17(15(21)22)32(11)20-29-16(13-10(23)9-25-18(24)27-13)28-19(30-20)31-5-7-34-8-6-31/h2-4,9,15H,5-8,23H2,1H3,(H2,24,25,27). The van der Waals surface area contributed by atoms with Gasteiger partial charge in [-0.05, 0) is 12.1 Å². The van der Waals surface area contributed by atoms with Crippen LogP contribution in [0, 0.1) is 0 Å². The first-order valence-electron chi connectivity index (χ1n) is 10.3. The molecule has 14 heteroatoms. The van der Waals surface area contributed by atoms with Crippen LogP contribution in [0.25, 0.3) is 28.5 Å². The van der Waals surface area contributed by atoms with Crippen molar-refractivity contribution in [2.45, 2.75) is 6.43 Å². The smallest absolute Gasteiger partial charge is 0.296 e. The fraction of sp³-hybridized carbons (Fsp3) is 0.300. The molecule has 0 bridgehead atoms. The van der Waals surface area contributed by atoms with E-state index in [2.05, 4.69) is 29.9 Å². The molecule has 0 radical (unpaired) electrons. The van der Waals surface area contributed by atoms with Crippen LogP contribution in [0.15, 0.2) is 24.4 Å². The number of hydrogen-bond donors (Lipinski definition) is 2. The number of methoxy groups -OCH3 is 1. The number of ether oxygens (including phenoxy) is 2. The molecule has 5 rings (SSSR count). The molecular weight excluding hydrogens is 450 g/mol. The van der Waals surface area contributed by atoms with Gasteiger partial charge in [0.15, 0.2) is 11.6 Å². The van der Waals surface area contributed by atoms with Gasteiger partial charge in [0.2, 0.25) is 17.8 Å². The Kier molecular flexibility index (Phi) is 5.49. The number of nitrogen functional groups attached to an aromatic ring is 2. The van der Waals surface area contributed by atoms with E-state index >= 15 is 0 Å². The van der Waals surface area contributed by atoms with Gasteiger partial charge >= 0.3 is 0 Å². The maximum atomic E-state index is 14.1. The molecule has 176 valence electrons. The molecule has 4 N–H and O–H groups in total. The Bertz CT molecular complexity index is 1360. The second-order valence-corrected chi connectivity index (χ2v) is 7.32. The molecule has 4 heterocycles. The van der Waals surface area contributed by atoms with E-state index in [0.717, 1.165) is 0 Å². The minimum Gasteiger partial charge on any atom is -0.494 e. The highest BCUT2D eigenvalue weighted by Crippen LogP contribution is 2.32. The largest absolute Gasteiger partial charge is 0.494 e. The van der Waals surface area contributed by atoms with Gasteiger partial charge in [0.1, 0.15) is 17.0 Å². The molecule has 1 saturated heterocycles. The maximum absolute atomic E-state index is 14.1. The van der Waals surface area contributed by atoms with Crippen LogP contribution in [0.2, 0.25) is 0 Å². The molecular formula is C20H20F2N10O2. The van der Waals surface area contributed by atoms with Gasteiger partial charge < -0.3 is 25.8 Å². The Morgan fingerprint density at radius 1 is 1.03 bits per heavy atom. The number of morpholine rings is 1. The number of fused-ring (bicyclic) bond motifs is 1. The van der Waals surface area contributed by atoms with Crippen LogP contribution in [-0.4, -0.2) is 67.9 Å². The molecule has 0 aliphatic carbocycles. The number of para-hydroxylation sites is 1. The zero-order chi connectivity index (χ0) is 23.8. The lowest BCUT2D eigenvalue weighted by Crippen LogP contribution is -2.37. The average Bonchev–Trinajstić information content (AvgIpc) is 3.26. The van der Waals surface area contributed by atoms with E-state index in [0.29, 0.717) is 37.6 Å². The van der Waals surface area contributed by atoms with Crippen molar-refractivity contribution in [3.8, 4) is 23.2 Å². The zero-order valence-electron chi connectivity index (χ0n) is 18.0. The Labute approximate surface area is 191 Å². The van der Waals surface area contributed by atoms with Crippen LogP contribution in [0.4, 0.5) is 26.4 Å². The van der Waals surface area contributed by atoms with Crippen LogP contribution in [-0.2, 0) is 4.74 Å². The summed E-state index contributed by atoms with van der Waals surface area (Å²) in [5, 5.41) is 0. The lowest BCUT2D eigenvalue weighted by molar-refractivity contribution is 0.122. The van der Waals surface area contributed by atoms with Gasteiger partial charge in [-0.15, -0.1) is 0 Å². The van der Waals surface area contributed by atoms with E-state index in [9.17, 15) is 8.78 Å². The Morgan fingerprint density at radius 3 is 2.53 bits per heavy atom. The van der Waals surface area contributed by atoms with Crippen LogP contribution in [0.3, 0.4) is 0 Å². The lowest BCUT2D eigenvalue weighted by atomic mass is 10.3. The van der Waals surface area contributed by atoms with Gasteiger partial charge in [-0.25, -0.2) is 23.7 Å². The number of aromatic nitrogens is 7. The number of benzene rings is 1. The molecule has 1 aliphatic rings. The third-order valence-electron chi connectivity index (χ3n) is 5.24. The fourth-order valence-electron chi connectivity index (χ4n) is 3.66. The minimum atomic E-state index is -2.91. The summed E-state index contributed by atoms with van der Waals surface area (Å²) in [4.78, 5) is 27.4. The Morgan fingerprint density at radius 2 is 1.79 bits per heavy atom. The summed E-state index contributed by atoms with van der Waals surface area (Å²) in [5.41, 5.74) is 12.7. The van der Waals surface area contributed by atoms with Gasteiger partial charge in [0.05, 0.1) is 37.7 Å². The van der Waals surface area contributed by atoms with E-state index in [-0.39, 0.29) is 40.6 Å². The molecule has 0 spiro atoms. The van der Waals surface area contributed by atoms with Crippen LogP contribution in [0.5, 0.6) is 5.75 Å². The average molecular weight is 470 g/mol. The van der Waals surface area contributed by atoms with Crippen molar-refractivity contribution in [2.24, 2.45) is 0 Å². The molecule has 0 unspecified atom stereocenters. The van der Waals surface area contributed by atoms with Gasteiger partial charge in [-0.2, -0.15) is 15.0 Å². The highest BCUT2D eigenvalue weighted by atomic mass is 19.3. The van der Waals surface area contributed by atoms with E-state index in [4.69, 9.17) is 20.9 Å². The van der Waals surface area contributed by atoms with E-state index in [1.807, 2.05) is 4.90 Å². The highest BCUT2D eigenvalue weighted by molar-refractivity contribution is 5.84. The molecule has 4 aromatic rings. The second kappa shape index (κ2) is 8.62. The first kappa shape index (κ1) is 21.6. The van der Waals surface area contributed by atoms with Crippen LogP contribution < -0.4 is 21.1 Å². The number of imidazole rings is 1. The van der Waals surface area contributed by atoms with E-state index in [1.54, 1.807) is 18.2 Å². The zero-order valence-corrected chi connectivity index (χ0v) is 18.0. The fourth-order valence-corrected chi connectivity index (χ4v) is 3.66. The van der Waals surface area contributed by atoms with Gasteiger partial charge in [0.25, 0.3) is 6.43 Å². The summed E-state index contributed by atoms with van der Waals surface area (Å²) in [6, 6.07) is 4.94. The van der Waals surface area contributed by atoms with Gasteiger partial charge in [0, 0.05) is 13.1 Å². The third kappa shape index (κ3) is 3.77. The van der Waals surface area contributed by atoms with Crippen LogP contribution in [0.1, 0.15) is 12.2 Å². The summed E-state index contributed by atoms with van der Waals surface area (Å²) in [5.74, 6) is 0.000557. The number of rotatable bonds is 5. The molecule has 0 atom stereocenters. The number of anilines is 3. The maximum Gasteiger partial charge on any atom is 0.296 e. The predicted octanol–water partition coefficient (Wildman–Crippen LogP) is 1.61. The minimum absolute atomic E-state index is 0.0369. The topological polar surface area (TPSA) is 156 Å². The molecule has 1 aromatic carbocycles. The Hall–Kier alpha value is -4.20. The molecule has 3 aromatic heterocycles. The van der Waals surface area contributed by atoms with E-state index < -0.39 is 12.2 Å². The van der Waals surface area contributed by atoms with Crippen molar-refractivity contribution >= 4 is 28.6 Å². The van der Waals surface area contributed by atoms with Crippen molar-refractivity contribution in [3.63, 3.8) is 0 Å². The van der Waals surface area contributed by atoms with E-state index in [1.165, 1.54) is 17.9 Å². The Balaban J connectivity index is 1.78. The predicted molar refractivity (Wildman–Crippen MR) is 119 cm³/mol. The molecule has 12 nitrogen and oxygen atoms in total. The second-order valence-electron chi connectivity index (χ2n) is 7.32. The molecule has 1 fully saturated rings. The summed E-state index contributed by atoms with van der Waals surface area (Å²) < 4.78 is 40.1. The lowest BCUT2D eigenvalue weighted by Gasteiger charge is -2.27. The van der Waals surface area contributed by atoms with Crippen molar-refractivity contribution in [3.05, 3.63) is 30.2 Å². The summed E-state index contributed by atoms with van der Waals surface area (Å²) in [6.07, 6.45) is -1.58. The molecule has 0 saturated carbocycles. The SMILES string of the molecule is COc1cccc2c1nc(C(F)F)n2-c1nc(-c2nc(N)ncc2N)nc(N2CCOCC2)n1. The summed E-state index contributed by atoms with van der Waals surface area (Å²) in [6.45, 7) is 1.94. The molecule has 34 heavy (non-hydrogen) atoms.